The maximum absolute atomic E-state index is 6.36. The highest BCUT2D eigenvalue weighted by molar-refractivity contribution is 9.09. The van der Waals surface area contributed by atoms with Crippen molar-refractivity contribution in [1.29, 1.82) is 0 Å². The molecule has 1 aliphatic carbocycles. The summed E-state index contributed by atoms with van der Waals surface area (Å²) in [5.41, 5.74) is 1.09. The Morgan fingerprint density at radius 1 is 1.20 bits per heavy atom. The van der Waals surface area contributed by atoms with E-state index in [2.05, 4.69) is 15.9 Å². The Bertz CT molecular complexity index is 444. The van der Waals surface area contributed by atoms with Crippen LogP contribution in [-0.4, -0.2) is 14.2 Å². The lowest BCUT2D eigenvalue weighted by Gasteiger charge is -2.17. The second-order valence-corrected chi connectivity index (χ2v) is 6.94. The van der Waals surface area contributed by atoms with Crippen LogP contribution < -0.4 is 9.47 Å². The van der Waals surface area contributed by atoms with Crippen LogP contribution in [0.1, 0.15) is 48.9 Å². The zero-order valence-corrected chi connectivity index (χ0v) is 14.5. The SMILES string of the molecule is COc1cc(Cl)c(C(Br)CCC2CCCC2)cc1OC. The van der Waals surface area contributed by atoms with Gasteiger partial charge in [0.2, 0.25) is 0 Å². The van der Waals surface area contributed by atoms with E-state index in [9.17, 15) is 0 Å². The molecular weight excluding hydrogens is 340 g/mol. The standard InChI is InChI=1S/C16H22BrClO2/c1-19-15-9-12(14(18)10-16(15)20-2)13(17)8-7-11-5-3-4-6-11/h9-11,13H,3-8H2,1-2H3. The average Bonchev–Trinajstić information content (AvgIpc) is 2.97. The molecule has 0 N–H and O–H groups in total. The van der Waals surface area contributed by atoms with E-state index in [4.69, 9.17) is 21.1 Å². The molecule has 2 nitrogen and oxygen atoms in total. The quantitative estimate of drug-likeness (QED) is 0.599. The van der Waals surface area contributed by atoms with E-state index in [-0.39, 0.29) is 4.83 Å². The van der Waals surface area contributed by atoms with Gasteiger partial charge in [0.15, 0.2) is 11.5 Å². The number of halogens is 2. The number of hydrogen-bond donors (Lipinski definition) is 0. The van der Waals surface area contributed by atoms with Gasteiger partial charge >= 0.3 is 0 Å². The first kappa shape index (κ1) is 16.0. The maximum Gasteiger partial charge on any atom is 0.162 e. The number of alkyl halides is 1. The molecule has 0 aliphatic heterocycles. The Hall–Kier alpha value is -0.410. The van der Waals surface area contributed by atoms with E-state index in [1.165, 1.54) is 32.1 Å². The van der Waals surface area contributed by atoms with Gasteiger partial charge in [0, 0.05) is 15.9 Å². The molecule has 1 saturated carbocycles. The fourth-order valence-corrected chi connectivity index (χ4v) is 4.01. The molecular formula is C16H22BrClO2. The van der Waals surface area contributed by atoms with Gasteiger partial charge in [-0.15, -0.1) is 0 Å². The third-order valence-corrected chi connectivity index (χ3v) is 5.42. The van der Waals surface area contributed by atoms with Crippen molar-refractivity contribution >= 4 is 27.5 Å². The van der Waals surface area contributed by atoms with E-state index >= 15 is 0 Å². The molecule has 0 amide bonds. The summed E-state index contributed by atoms with van der Waals surface area (Å²) in [6, 6.07) is 3.81. The zero-order valence-electron chi connectivity index (χ0n) is 12.1. The van der Waals surface area contributed by atoms with Gasteiger partial charge in [0.1, 0.15) is 0 Å². The van der Waals surface area contributed by atoms with Crippen LogP contribution in [0.25, 0.3) is 0 Å². The van der Waals surface area contributed by atoms with E-state index in [1.54, 1.807) is 14.2 Å². The Labute approximate surface area is 134 Å². The third kappa shape index (κ3) is 3.82. The Morgan fingerprint density at radius 2 is 1.80 bits per heavy atom. The van der Waals surface area contributed by atoms with Gasteiger partial charge in [-0.25, -0.2) is 0 Å². The van der Waals surface area contributed by atoms with Crippen molar-refractivity contribution in [2.24, 2.45) is 5.92 Å². The predicted molar refractivity (Wildman–Crippen MR) is 87.4 cm³/mol. The summed E-state index contributed by atoms with van der Waals surface area (Å²) in [6.07, 6.45) is 7.95. The third-order valence-electron chi connectivity index (χ3n) is 4.14. The summed E-state index contributed by atoms with van der Waals surface area (Å²) in [6.45, 7) is 0. The van der Waals surface area contributed by atoms with Crippen molar-refractivity contribution in [3.63, 3.8) is 0 Å². The number of benzene rings is 1. The molecule has 0 radical (unpaired) electrons. The first-order valence-electron chi connectivity index (χ1n) is 7.21. The van der Waals surface area contributed by atoms with Gasteiger partial charge in [-0.05, 0) is 30.4 Å². The molecule has 1 aromatic rings. The molecule has 112 valence electrons. The van der Waals surface area contributed by atoms with Crippen LogP contribution in [0.3, 0.4) is 0 Å². The van der Waals surface area contributed by atoms with Crippen molar-refractivity contribution in [3.8, 4) is 11.5 Å². The molecule has 1 fully saturated rings. The highest BCUT2D eigenvalue weighted by Gasteiger charge is 2.20. The predicted octanol–water partition coefficient (Wildman–Crippen LogP) is 5.76. The van der Waals surface area contributed by atoms with Crippen LogP contribution >= 0.6 is 27.5 Å². The first-order chi connectivity index (χ1) is 9.65. The van der Waals surface area contributed by atoms with E-state index in [0.717, 1.165) is 28.7 Å². The highest BCUT2D eigenvalue weighted by Crippen LogP contribution is 2.41. The Kier molecular flexibility index (Phi) is 6.03. The molecule has 2 rings (SSSR count). The smallest absolute Gasteiger partial charge is 0.162 e. The molecule has 20 heavy (non-hydrogen) atoms. The van der Waals surface area contributed by atoms with Gasteiger partial charge in [-0.2, -0.15) is 0 Å². The number of methoxy groups -OCH3 is 2. The van der Waals surface area contributed by atoms with Crippen LogP contribution in [0.15, 0.2) is 12.1 Å². The maximum atomic E-state index is 6.36. The van der Waals surface area contributed by atoms with Crippen molar-refractivity contribution < 1.29 is 9.47 Å². The van der Waals surface area contributed by atoms with Gasteiger partial charge in [-0.3, -0.25) is 0 Å². The fraction of sp³-hybridized carbons (Fsp3) is 0.625. The summed E-state index contributed by atoms with van der Waals surface area (Å²) >= 11 is 10.1. The Balaban J connectivity index is 2.06. The van der Waals surface area contributed by atoms with E-state index in [0.29, 0.717) is 5.75 Å². The van der Waals surface area contributed by atoms with Crippen molar-refractivity contribution in [2.75, 3.05) is 14.2 Å². The van der Waals surface area contributed by atoms with E-state index < -0.39 is 0 Å². The number of hydrogen-bond acceptors (Lipinski definition) is 2. The van der Waals surface area contributed by atoms with E-state index in [1.807, 2.05) is 12.1 Å². The molecule has 1 atom stereocenters. The van der Waals surface area contributed by atoms with Crippen LogP contribution in [0.4, 0.5) is 0 Å². The number of rotatable bonds is 6. The molecule has 0 bridgehead atoms. The Morgan fingerprint density at radius 3 is 2.40 bits per heavy atom. The molecule has 1 unspecified atom stereocenters. The molecule has 0 heterocycles. The van der Waals surface area contributed by atoms with Gasteiger partial charge in [-0.1, -0.05) is 53.2 Å². The summed E-state index contributed by atoms with van der Waals surface area (Å²) in [4.78, 5) is 0.274. The summed E-state index contributed by atoms with van der Waals surface area (Å²) in [5.74, 6) is 2.31. The zero-order chi connectivity index (χ0) is 14.5. The normalized spacial score (nSPS) is 17.2. The fourth-order valence-electron chi connectivity index (χ4n) is 2.95. The lowest BCUT2D eigenvalue weighted by atomic mass is 9.98. The lowest BCUT2D eigenvalue weighted by molar-refractivity contribution is 0.354. The van der Waals surface area contributed by atoms with Gasteiger partial charge in [0.05, 0.1) is 14.2 Å². The van der Waals surface area contributed by atoms with Gasteiger partial charge in [0.25, 0.3) is 0 Å². The molecule has 0 saturated heterocycles. The highest BCUT2D eigenvalue weighted by atomic mass is 79.9. The van der Waals surface area contributed by atoms with Crippen molar-refractivity contribution in [1.82, 2.24) is 0 Å². The molecule has 1 aromatic carbocycles. The van der Waals surface area contributed by atoms with Crippen LogP contribution in [0.2, 0.25) is 5.02 Å². The van der Waals surface area contributed by atoms with Crippen LogP contribution in [0, 0.1) is 5.92 Å². The minimum atomic E-state index is 0.274. The first-order valence-corrected chi connectivity index (χ1v) is 8.50. The van der Waals surface area contributed by atoms with Crippen LogP contribution in [-0.2, 0) is 0 Å². The number of ether oxygens (including phenoxy) is 2. The largest absolute Gasteiger partial charge is 0.493 e. The average molecular weight is 362 g/mol. The summed E-state index contributed by atoms with van der Waals surface area (Å²) < 4.78 is 10.6. The van der Waals surface area contributed by atoms with Crippen LogP contribution in [0.5, 0.6) is 11.5 Å². The van der Waals surface area contributed by atoms with Gasteiger partial charge < -0.3 is 9.47 Å². The minimum Gasteiger partial charge on any atom is -0.493 e. The minimum absolute atomic E-state index is 0.274. The topological polar surface area (TPSA) is 18.5 Å². The second-order valence-electron chi connectivity index (χ2n) is 5.42. The molecule has 0 spiro atoms. The monoisotopic (exact) mass is 360 g/mol. The molecule has 4 heteroatoms. The van der Waals surface area contributed by atoms with Crippen molar-refractivity contribution in [3.05, 3.63) is 22.7 Å². The molecule has 1 aliphatic rings. The summed E-state index contributed by atoms with van der Waals surface area (Å²) in [7, 11) is 3.27. The lowest BCUT2D eigenvalue weighted by Crippen LogP contribution is -1.99. The molecule has 0 aromatic heterocycles. The second kappa shape index (κ2) is 7.56. The van der Waals surface area contributed by atoms with Crippen molar-refractivity contribution in [2.45, 2.75) is 43.4 Å². The summed E-state index contributed by atoms with van der Waals surface area (Å²) in [5, 5.41) is 0.732.